The Morgan fingerprint density at radius 2 is 2.04 bits per heavy atom. The summed E-state index contributed by atoms with van der Waals surface area (Å²) < 4.78 is 9.83. The number of carbonyl (C=O) groups excluding carboxylic acids is 2. The molecule has 144 valence electrons. The van der Waals surface area contributed by atoms with Crippen molar-refractivity contribution in [1.29, 1.82) is 0 Å². The summed E-state index contributed by atoms with van der Waals surface area (Å²) in [5, 5.41) is 2.52. The van der Waals surface area contributed by atoms with Crippen molar-refractivity contribution in [2.45, 2.75) is 30.7 Å². The SMILES string of the molecule is COC(=O)Cc1cc(=O)[nH]c(S[C@H](C)C(=O)Nc2cc(C)ccc2OC)n1. The topological polar surface area (TPSA) is 110 Å². The number of aromatic amines is 1. The second kappa shape index (κ2) is 9.22. The van der Waals surface area contributed by atoms with Crippen molar-refractivity contribution in [3.05, 3.63) is 45.9 Å². The lowest BCUT2D eigenvalue weighted by molar-refractivity contribution is -0.139. The van der Waals surface area contributed by atoms with Crippen molar-refractivity contribution in [3.63, 3.8) is 0 Å². The molecule has 0 aliphatic heterocycles. The van der Waals surface area contributed by atoms with Crippen LogP contribution >= 0.6 is 11.8 Å². The number of nitrogens with zero attached hydrogens (tertiary/aromatic N) is 1. The number of aryl methyl sites for hydroxylation is 1. The van der Waals surface area contributed by atoms with Crippen LogP contribution in [0.3, 0.4) is 0 Å². The number of hydrogen-bond acceptors (Lipinski definition) is 7. The van der Waals surface area contributed by atoms with Crippen molar-refractivity contribution in [1.82, 2.24) is 9.97 Å². The van der Waals surface area contributed by atoms with E-state index in [0.717, 1.165) is 17.3 Å². The largest absolute Gasteiger partial charge is 0.495 e. The standard InChI is InChI=1S/C18H21N3O5S/c1-10-5-6-14(25-3)13(7-10)20-17(24)11(2)27-18-19-12(8-15(22)21-18)9-16(23)26-4/h5-8,11H,9H2,1-4H3,(H,20,24)(H,19,21,22)/t11-/m1/s1. The fourth-order valence-corrected chi connectivity index (χ4v) is 3.06. The first-order valence-electron chi connectivity index (χ1n) is 8.11. The Morgan fingerprint density at radius 1 is 1.30 bits per heavy atom. The van der Waals surface area contributed by atoms with Gasteiger partial charge in [0.25, 0.3) is 5.56 Å². The van der Waals surface area contributed by atoms with E-state index < -0.39 is 16.8 Å². The summed E-state index contributed by atoms with van der Waals surface area (Å²) in [7, 11) is 2.79. The molecule has 1 aromatic heterocycles. The van der Waals surface area contributed by atoms with Gasteiger partial charge in [0, 0.05) is 6.07 Å². The molecule has 1 atom stereocenters. The van der Waals surface area contributed by atoms with E-state index in [2.05, 4.69) is 20.0 Å². The van der Waals surface area contributed by atoms with Gasteiger partial charge in [0.2, 0.25) is 5.91 Å². The van der Waals surface area contributed by atoms with Crippen LogP contribution in [0.2, 0.25) is 0 Å². The van der Waals surface area contributed by atoms with E-state index in [0.29, 0.717) is 11.4 Å². The highest BCUT2D eigenvalue weighted by atomic mass is 32.2. The predicted octanol–water partition coefficient (Wildman–Crippen LogP) is 1.92. The fourth-order valence-electron chi connectivity index (χ4n) is 2.22. The predicted molar refractivity (Wildman–Crippen MR) is 102 cm³/mol. The molecule has 0 bridgehead atoms. The smallest absolute Gasteiger partial charge is 0.311 e. The molecule has 0 aliphatic carbocycles. The van der Waals surface area contributed by atoms with Crippen LogP contribution in [0.4, 0.5) is 5.69 Å². The van der Waals surface area contributed by atoms with E-state index in [1.54, 1.807) is 13.0 Å². The van der Waals surface area contributed by atoms with Gasteiger partial charge >= 0.3 is 5.97 Å². The fraction of sp³-hybridized carbons (Fsp3) is 0.333. The zero-order valence-electron chi connectivity index (χ0n) is 15.5. The van der Waals surface area contributed by atoms with Gasteiger partial charge in [-0.2, -0.15) is 0 Å². The summed E-state index contributed by atoms with van der Waals surface area (Å²) in [4.78, 5) is 42.4. The molecule has 8 nitrogen and oxygen atoms in total. The van der Waals surface area contributed by atoms with Crippen LogP contribution in [0.25, 0.3) is 0 Å². The number of esters is 1. The molecule has 0 spiro atoms. The lowest BCUT2D eigenvalue weighted by Crippen LogP contribution is -2.24. The van der Waals surface area contributed by atoms with Crippen LogP contribution in [0.15, 0.2) is 34.2 Å². The molecule has 2 aromatic rings. The molecule has 0 saturated heterocycles. The number of rotatable bonds is 7. The molecule has 0 radical (unpaired) electrons. The number of hydrogen-bond donors (Lipinski definition) is 2. The average molecular weight is 391 g/mol. The highest BCUT2D eigenvalue weighted by molar-refractivity contribution is 8.00. The van der Waals surface area contributed by atoms with E-state index in [4.69, 9.17) is 4.74 Å². The van der Waals surface area contributed by atoms with E-state index in [-0.39, 0.29) is 23.2 Å². The maximum absolute atomic E-state index is 12.5. The van der Waals surface area contributed by atoms with Gasteiger partial charge in [0.15, 0.2) is 5.16 Å². The number of carbonyl (C=O) groups is 2. The van der Waals surface area contributed by atoms with Gasteiger partial charge in [-0.1, -0.05) is 17.8 Å². The Hall–Kier alpha value is -2.81. The summed E-state index contributed by atoms with van der Waals surface area (Å²) in [6, 6.07) is 6.70. The highest BCUT2D eigenvalue weighted by Crippen LogP contribution is 2.27. The second-order valence-corrected chi connectivity index (χ2v) is 7.08. The van der Waals surface area contributed by atoms with Crippen LogP contribution in [0.5, 0.6) is 5.75 Å². The van der Waals surface area contributed by atoms with Crippen LogP contribution in [0.1, 0.15) is 18.2 Å². The first-order chi connectivity index (χ1) is 12.8. The molecule has 2 N–H and O–H groups in total. The van der Waals surface area contributed by atoms with Crippen LogP contribution in [-0.2, 0) is 20.7 Å². The molecule has 1 amide bonds. The molecule has 0 fully saturated rings. The van der Waals surface area contributed by atoms with E-state index in [1.807, 2.05) is 19.1 Å². The molecule has 9 heteroatoms. The average Bonchev–Trinajstić information content (AvgIpc) is 2.61. The molecular weight excluding hydrogens is 370 g/mol. The third-order valence-electron chi connectivity index (χ3n) is 3.60. The Morgan fingerprint density at radius 3 is 2.70 bits per heavy atom. The minimum Gasteiger partial charge on any atom is -0.495 e. The van der Waals surface area contributed by atoms with Crippen molar-refractivity contribution < 1.29 is 19.1 Å². The Labute approximate surface area is 160 Å². The number of aromatic nitrogens is 2. The summed E-state index contributed by atoms with van der Waals surface area (Å²) >= 11 is 1.08. The number of anilines is 1. The third kappa shape index (κ3) is 5.85. The van der Waals surface area contributed by atoms with E-state index in [9.17, 15) is 14.4 Å². The number of nitrogens with one attached hydrogen (secondary N) is 2. The van der Waals surface area contributed by atoms with Crippen molar-refractivity contribution in [3.8, 4) is 5.75 Å². The Bertz CT molecular complexity index is 897. The lowest BCUT2D eigenvalue weighted by atomic mass is 10.2. The molecule has 1 heterocycles. The molecule has 27 heavy (non-hydrogen) atoms. The van der Waals surface area contributed by atoms with Gasteiger partial charge in [-0.25, -0.2) is 4.98 Å². The maximum atomic E-state index is 12.5. The van der Waals surface area contributed by atoms with Gasteiger partial charge < -0.3 is 19.8 Å². The number of amides is 1. The summed E-state index contributed by atoms with van der Waals surface area (Å²) in [5.41, 5.74) is 1.42. The minimum absolute atomic E-state index is 0.116. The van der Waals surface area contributed by atoms with E-state index in [1.165, 1.54) is 20.3 Å². The maximum Gasteiger partial charge on any atom is 0.311 e. The monoisotopic (exact) mass is 391 g/mol. The van der Waals surface area contributed by atoms with E-state index >= 15 is 0 Å². The number of benzene rings is 1. The summed E-state index contributed by atoms with van der Waals surface area (Å²) in [6.45, 7) is 3.60. The number of thioether (sulfide) groups is 1. The quantitative estimate of drug-likeness (QED) is 0.421. The van der Waals surface area contributed by atoms with Gasteiger partial charge in [-0.15, -0.1) is 0 Å². The lowest BCUT2D eigenvalue weighted by Gasteiger charge is -2.14. The normalized spacial score (nSPS) is 11.6. The first-order valence-corrected chi connectivity index (χ1v) is 8.99. The number of methoxy groups -OCH3 is 2. The Balaban J connectivity index is 2.11. The van der Waals surface area contributed by atoms with Gasteiger partial charge in [-0.05, 0) is 31.5 Å². The van der Waals surface area contributed by atoms with Crippen molar-refractivity contribution >= 4 is 29.3 Å². The molecule has 0 unspecified atom stereocenters. The number of H-pyrrole nitrogens is 1. The molecular formula is C18H21N3O5S. The summed E-state index contributed by atoms with van der Waals surface area (Å²) in [5.74, 6) is -0.218. The van der Waals surface area contributed by atoms with Crippen molar-refractivity contribution in [2.75, 3.05) is 19.5 Å². The van der Waals surface area contributed by atoms with Gasteiger partial charge in [0.05, 0.1) is 37.3 Å². The number of ether oxygens (including phenoxy) is 2. The van der Waals surface area contributed by atoms with Crippen LogP contribution < -0.4 is 15.6 Å². The first kappa shape index (κ1) is 20.5. The van der Waals surface area contributed by atoms with Crippen molar-refractivity contribution in [2.24, 2.45) is 0 Å². The minimum atomic E-state index is -0.549. The van der Waals surface area contributed by atoms with Gasteiger partial charge in [0.1, 0.15) is 5.75 Å². The molecule has 2 rings (SSSR count). The van der Waals surface area contributed by atoms with Gasteiger partial charge in [-0.3, -0.25) is 14.4 Å². The third-order valence-corrected chi connectivity index (χ3v) is 4.58. The zero-order valence-corrected chi connectivity index (χ0v) is 16.3. The second-order valence-electron chi connectivity index (χ2n) is 5.75. The molecule has 0 saturated carbocycles. The van der Waals surface area contributed by atoms with Crippen LogP contribution in [-0.4, -0.2) is 41.3 Å². The molecule has 1 aromatic carbocycles. The molecule has 0 aliphatic rings. The van der Waals surface area contributed by atoms with Crippen LogP contribution in [0, 0.1) is 6.92 Å². The summed E-state index contributed by atoms with van der Waals surface area (Å²) in [6.07, 6.45) is -0.116. The Kier molecular flexibility index (Phi) is 7.00. The zero-order chi connectivity index (χ0) is 20.0. The highest BCUT2D eigenvalue weighted by Gasteiger charge is 2.18.